The molecule has 0 saturated heterocycles. The van der Waals surface area contributed by atoms with Gasteiger partial charge in [-0.1, -0.05) is 197 Å². The molecule has 12 heteroatoms. The van der Waals surface area contributed by atoms with Crippen molar-refractivity contribution in [3.8, 4) is 34.5 Å². The number of ether oxygens (including phenoxy) is 6. The fourth-order valence-corrected chi connectivity index (χ4v) is 11.7. The van der Waals surface area contributed by atoms with E-state index in [1.165, 1.54) is 0 Å². The van der Waals surface area contributed by atoms with Crippen LogP contribution in [0.5, 0.6) is 34.5 Å². The molecular formula is C78H96O12. The van der Waals surface area contributed by atoms with Crippen LogP contribution in [0.1, 0.15) is 225 Å². The zero-order chi connectivity index (χ0) is 66.3. The number of fused-ring (bicyclic) bond motifs is 12. The molecule has 0 heterocycles. The maximum Gasteiger partial charge on any atom is 0.157 e. The summed E-state index contributed by atoms with van der Waals surface area (Å²) >= 11 is 0. The van der Waals surface area contributed by atoms with Gasteiger partial charge in [-0.05, 0) is 133 Å². The average molecular weight is 1230 g/mol. The van der Waals surface area contributed by atoms with Crippen molar-refractivity contribution in [2.75, 3.05) is 39.6 Å². The van der Waals surface area contributed by atoms with Gasteiger partial charge in [0.05, 0.1) is 0 Å². The summed E-state index contributed by atoms with van der Waals surface area (Å²) in [6, 6.07) is 25.7. The fourth-order valence-electron chi connectivity index (χ4n) is 11.7. The predicted octanol–water partition coefficient (Wildman–Crippen LogP) is 14.8. The smallest absolute Gasteiger partial charge is 0.157 e. The Kier molecular flexibility index (Phi) is 21.7. The number of aldehydes is 6. The summed E-state index contributed by atoms with van der Waals surface area (Å²) in [6.07, 6.45) is 5.99. The maximum atomic E-state index is 12.6. The van der Waals surface area contributed by atoms with E-state index < -0.39 is 32.5 Å². The molecule has 480 valence electrons. The van der Waals surface area contributed by atoms with Crippen molar-refractivity contribution in [1.29, 1.82) is 0 Å². The van der Waals surface area contributed by atoms with Crippen LogP contribution in [-0.2, 0) is 99.8 Å². The van der Waals surface area contributed by atoms with Crippen LogP contribution >= 0.6 is 0 Å². The van der Waals surface area contributed by atoms with Crippen molar-refractivity contribution in [3.05, 3.63) is 173 Å². The number of benzene rings is 6. The van der Waals surface area contributed by atoms with Gasteiger partial charge < -0.3 is 28.4 Å². The second kappa shape index (κ2) is 28.1. The van der Waals surface area contributed by atoms with Gasteiger partial charge in [-0.15, -0.1) is 0 Å². The second-order valence-corrected chi connectivity index (χ2v) is 30.2. The zero-order valence-corrected chi connectivity index (χ0v) is 56.8. The Morgan fingerprint density at radius 3 is 0.400 bits per heavy atom. The third-order valence-electron chi connectivity index (χ3n) is 16.7. The Balaban J connectivity index is 1.75. The van der Waals surface area contributed by atoms with Crippen LogP contribution < -0.4 is 28.4 Å². The molecular weight excluding hydrogens is 1130 g/mol. The Morgan fingerprint density at radius 1 is 0.222 bits per heavy atom. The van der Waals surface area contributed by atoms with Crippen molar-refractivity contribution >= 4 is 37.7 Å². The van der Waals surface area contributed by atoms with Crippen LogP contribution in [0.3, 0.4) is 0 Å². The van der Waals surface area contributed by atoms with Gasteiger partial charge >= 0.3 is 0 Å². The molecule has 0 amide bonds. The minimum Gasteiger partial charge on any atom is -0.486 e. The van der Waals surface area contributed by atoms with Gasteiger partial charge in [-0.2, -0.15) is 0 Å². The van der Waals surface area contributed by atoms with E-state index in [-0.39, 0.29) is 78.2 Å². The first kappa shape index (κ1) is 69.6. The molecule has 0 unspecified atom stereocenters. The van der Waals surface area contributed by atoms with E-state index in [1.807, 2.05) is 0 Å². The number of carbonyl (C=O) groups excluding carboxylic acids is 6. The summed E-state index contributed by atoms with van der Waals surface area (Å²) in [6.45, 7) is 37.4. The molecule has 1 aliphatic carbocycles. The average Bonchev–Trinajstić information content (AvgIpc) is 0.793. The number of carbonyl (C=O) groups is 6. The predicted molar refractivity (Wildman–Crippen MR) is 357 cm³/mol. The summed E-state index contributed by atoms with van der Waals surface area (Å²) in [5.41, 5.74) is 13.1. The topological polar surface area (TPSA) is 158 Å². The normalized spacial score (nSPS) is 13.3. The molecule has 0 radical (unpaired) electrons. The number of hydrogen-bond donors (Lipinski definition) is 0. The fraction of sp³-hybridized carbons (Fsp3) is 0.462. The molecule has 0 fully saturated rings. The molecule has 0 aliphatic heterocycles. The van der Waals surface area contributed by atoms with E-state index >= 15 is 0 Å². The lowest BCUT2D eigenvalue weighted by molar-refractivity contribution is -0.110. The molecule has 0 saturated carbocycles. The highest BCUT2D eigenvalue weighted by Crippen LogP contribution is 2.46. The summed E-state index contributed by atoms with van der Waals surface area (Å²) in [5.74, 6) is 3.03. The van der Waals surface area contributed by atoms with Crippen molar-refractivity contribution in [3.63, 3.8) is 0 Å². The van der Waals surface area contributed by atoms with Crippen LogP contribution in [0.2, 0.25) is 0 Å². The first-order chi connectivity index (χ1) is 42.1. The third-order valence-corrected chi connectivity index (χ3v) is 16.7. The molecule has 90 heavy (non-hydrogen) atoms. The largest absolute Gasteiger partial charge is 0.486 e. The third kappa shape index (κ3) is 16.9. The van der Waals surface area contributed by atoms with Gasteiger partial charge in [-0.25, -0.2) is 0 Å². The Bertz CT molecular complexity index is 2880. The molecule has 1 aliphatic rings. The first-order valence-electron chi connectivity index (χ1n) is 31.5. The maximum absolute atomic E-state index is 12.6. The molecule has 0 aromatic heterocycles. The lowest BCUT2D eigenvalue weighted by Gasteiger charge is -2.29. The van der Waals surface area contributed by atoms with Crippen LogP contribution in [0.15, 0.2) is 72.8 Å². The van der Waals surface area contributed by atoms with E-state index in [0.29, 0.717) is 34.5 Å². The minimum atomic E-state index is -0.392. The van der Waals surface area contributed by atoms with E-state index in [4.69, 9.17) is 28.4 Å². The molecule has 0 atom stereocenters. The standard InChI is InChI=1S/C78H96O12/c1-73(2,3)61-37-49-31-51-39-62(74(4,5)6)41-53(68(51)86-26-20-80)33-55-43-64(76(10,11)12)45-57(70(55)88-28-22-82)35-59-47-66(78(16,17)18)48-60(72(59)90-30-24-84)36-58-46-65(77(13,14)15)44-56(71(58)89-29-23-83)34-54-42-63(75(7,8)9)40-52(69(54)87-27-21-81)32-50(38-61)67(49)85-25-19-79/h19-24,37-48H,25-36H2,1-18H3. The SMILES string of the molecule is CC(C)(C)c1cc2c(OCC=O)c(c1)Cc1cc(C(C)(C)C)cc(c1OCC=O)Cc1cc(C(C)(C)C)cc(c1OCC=O)Cc1cc(C(C)(C)C)cc(c1OCC=O)Cc1cc(C(C)(C)C)cc(c1OCC=O)Cc1cc(C(C)(C)C)cc(c1OCC=O)C2. The van der Waals surface area contributed by atoms with E-state index in [2.05, 4.69) is 197 Å². The molecule has 12 nitrogen and oxygen atoms in total. The van der Waals surface area contributed by atoms with Gasteiger partial charge in [0.25, 0.3) is 0 Å². The van der Waals surface area contributed by atoms with Crippen LogP contribution in [0.4, 0.5) is 0 Å². The molecule has 6 aromatic rings. The Morgan fingerprint density at radius 2 is 0.322 bits per heavy atom. The first-order valence-corrected chi connectivity index (χ1v) is 31.5. The Labute approximate surface area is 535 Å². The lowest BCUT2D eigenvalue weighted by Crippen LogP contribution is -2.18. The van der Waals surface area contributed by atoms with Gasteiger partial charge in [-0.3, -0.25) is 28.8 Å². The summed E-state index contributed by atoms with van der Waals surface area (Å²) in [5, 5.41) is 0. The van der Waals surface area contributed by atoms with E-state index in [9.17, 15) is 28.8 Å². The molecule has 0 N–H and O–H groups in total. The van der Waals surface area contributed by atoms with Crippen LogP contribution in [-0.4, -0.2) is 77.4 Å². The van der Waals surface area contributed by atoms with Gasteiger partial charge in [0.15, 0.2) is 37.7 Å². The van der Waals surface area contributed by atoms with Gasteiger partial charge in [0, 0.05) is 38.5 Å². The lowest BCUT2D eigenvalue weighted by atomic mass is 9.79. The quantitative estimate of drug-likeness (QED) is 0.0750. The second-order valence-electron chi connectivity index (χ2n) is 30.2. The molecule has 0 spiro atoms. The molecule has 12 bridgehead atoms. The van der Waals surface area contributed by atoms with Crippen molar-refractivity contribution < 1.29 is 57.2 Å². The zero-order valence-electron chi connectivity index (χ0n) is 56.8. The van der Waals surface area contributed by atoms with E-state index in [1.54, 1.807) is 0 Å². The monoisotopic (exact) mass is 1220 g/mol. The summed E-state index contributed by atoms with van der Waals surface area (Å²) < 4.78 is 40.1. The number of hydrogen-bond acceptors (Lipinski definition) is 12. The van der Waals surface area contributed by atoms with Crippen molar-refractivity contribution in [1.82, 2.24) is 0 Å². The van der Waals surface area contributed by atoms with Gasteiger partial charge in [0.1, 0.15) is 74.1 Å². The van der Waals surface area contributed by atoms with E-state index in [0.717, 1.165) is 138 Å². The highest BCUT2D eigenvalue weighted by Gasteiger charge is 2.32. The van der Waals surface area contributed by atoms with Crippen LogP contribution in [0, 0.1) is 0 Å². The van der Waals surface area contributed by atoms with Crippen LogP contribution in [0.25, 0.3) is 0 Å². The highest BCUT2D eigenvalue weighted by atomic mass is 16.5. The summed E-state index contributed by atoms with van der Waals surface area (Å²) in [7, 11) is 0. The number of rotatable bonds is 18. The minimum absolute atomic E-state index is 0.240. The van der Waals surface area contributed by atoms with Crippen molar-refractivity contribution in [2.45, 2.75) is 196 Å². The highest BCUT2D eigenvalue weighted by molar-refractivity contribution is 5.64. The Hall–Kier alpha value is -7.86. The summed E-state index contributed by atoms with van der Waals surface area (Å²) in [4.78, 5) is 75.4. The molecule has 6 aromatic carbocycles. The van der Waals surface area contributed by atoms with Crippen molar-refractivity contribution in [2.24, 2.45) is 0 Å². The molecule has 7 rings (SSSR count). The van der Waals surface area contributed by atoms with Gasteiger partial charge in [0.2, 0.25) is 0 Å².